The molecular formula is C31H37Cl2N3O4S. The monoisotopic (exact) mass is 617 g/mol. The Morgan fingerprint density at radius 1 is 0.902 bits per heavy atom. The molecule has 0 radical (unpaired) electrons. The number of sulfonamides is 1. The number of aryl methyl sites for hydroxylation is 2. The summed E-state index contributed by atoms with van der Waals surface area (Å²) in [6, 6.07) is 18.7. The van der Waals surface area contributed by atoms with Gasteiger partial charge in [0.05, 0.1) is 11.9 Å². The highest BCUT2D eigenvalue weighted by Gasteiger charge is 2.35. The van der Waals surface area contributed by atoms with Crippen molar-refractivity contribution in [2.45, 2.75) is 59.2 Å². The Labute approximate surface area is 253 Å². The first-order chi connectivity index (χ1) is 19.0. The van der Waals surface area contributed by atoms with E-state index in [0.29, 0.717) is 21.3 Å². The van der Waals surface area contributed by atoms with E-state index >= 15 is 0 Å². The zero-order valence-electron chi connectivity index (χ0n) is 24.2. The third-order valence-electron chi connectivity index (χ3n) is 6.33. The van der Waals surface area contributed by atoms with Crippen molar-refractivity contribution >= 4 is 50.7 Å². The van der Waals surface area contributed by atoms with Gasteiger partial charge in [0.2, 0.25) is 21.8 Å². The Morgan fingerprint density at radius 3 is 1.98 bits per heavy atom. The molecule has 1 atom stereocenters. The van der Waals surface area contributed by atoms with Crippen molar-refractivity contribution < 1.29 is 18.0 Å². The van der Waals surface area contributed by atoms with Gasteiger partial charge in [-0.1, -0.05) is 65.7 Å². The molecule has 0 aliphatic heterocycles. The Kier molecular flexibility index (Phi) is 10.5. The van der Waals surface area contributed by atoms with Crippen molar-refractivity contribution in [3.05, 3.63) is 99.0 Å². The second-order valence-corrected chi connectivity index (χ2v) is 14.0. The zero-order chi connectivity index (χ0) is 30.5. The fraction of sp³-hybridized carbons (Fsp3) is 0.355. The summed E-state index contributed by atoms with van der Waals surface area (Å²) in [7, 11) is -3.87. The van der Waals surface area contributed by atoms with Crippen molar-refractivity contribution in [3.63, 3.8) is 0 Å². The topological polar surface area (TPSA) is 86.8 Å². The maximum absolute atomic E-state index is 14.2. The number of carbonyl (C=O) groups is 2. The van der Waals surface area contributed by atoms with Crippen molar-refractivity contribution in [2.75, 3.05) is 17.1 Å². The fourth-order valence-electron chi connectivity index (χ4n) is 4.57. The highest BCUT2D eigenvalue weighted by atomic mass is 35.5. The minimum atomic E-state index is -3.87. The Morgan fingerprint density at radius 2 is 1.46 bits per heavy atom. The highest BCUT2D eigenvalue weighted by molar-refractivity contribution is 7.92. The minimum Gasteiger partial charge on any atom is -0.350 e. The lowest BCUT2D eigenvalue weighted by atomic mass is 10.0. The lowest BCUT2D eigenvalue weighted by Gasteiger charge is -2.35. The molecule has 0 saturated heterocycles. The van der Waals surface area contributed by atoms with Gasteiger partial charge < -0.3 is 10.2 Å². The van der Waals surface area contributed by atoms with Crippen LogP contribution >= 0.6 is 23.2 Å². The number of rotatable bonds is 10. The van der Waals surface area contributed by atoms with E-state index < -0.39 is 34.1 Å². The van der Waals surface area contributed by atoms with E-state index in [1.54, 1.807) is 30.3 Å². The maximum Gasteiger partial charge on any atom is 0.244 e. The molecule has 1 N–H and O–H groups in total. The Hall–Kier alpha value is -3.07. The quantitative estimate of drug-likeness (QED) is 0.305. The molecule has 10 heteroatoms. The molecule has 3 rings (SSSR count). The average Bonchev–Trinajstić information content (AvgIpc) is 2.84. The predicted octanol–water partition coefficient (Wildman–Crippen LogP) is 5.93. The molecule has 0 saturated carbocycles. The predicted molar refractivity (Wildman–Crippen MR) is 167 cm³/mol. The van der Waals surface area contributed by atoms with E-state index in [2.05, 4.69) is 5.32 Å². The Balaban J connectivity index is 2.14. The number of amides is 2. The van der Waals surface area contributed by atoms with Crippen LogP contribution in [-0.2, 0) is 32.6 Å². The highest BCUT2D eigenvalue weighted by Crippen LogP contribution is 2.28. The summed E-state index contributed by atoms with van der Waals surface area (Å²) in [5, 5.41) is 3.65. The molecule has 0 bridgehead atoms. The zero-order valence-corrected chi connectivity index (χ0v) is 26.6. The number of nitrogens with zero attached hydrogens (tertiary/aromatic N) is 2. The summed E-state index contributed by atoms with van der Waals surface area (Å²) in [6.45, 7) is 8.66. The number of carbonyl (C=O) groups excluding carboxylic acids is 2. The number of nitrogens with one attached hydrogen (secondary N) is 1. The SMILES string of the molecule is Cc1cc(C)cc(N(CC(=O)N(Cc2c(Cl)cccc2Cl)[C@H](Cc2ccccc2)C(=O)NC(C)(C)C)S(C)(=O)=O)c1. The minimum absolute atomic E-state index is 0.100. The number of anilines is 1. The third kappa shape index (κ3) is 9.21. The van der Waals surface area contributed by atoms with E-state index in [1.165, 1.54) is 4.90 Å². The van der Waals surface area contributed by atoms with Crippen molar-refractivity contribution in [2.24, 2.45) is 0 Å². The molecule has 3 aromatic carbocycles. The van der Waals surface area contributed by atoms with Crippen LogP contribution in [0.4, 0.5) is 5.69 Å². The van der Waals surface area contributed by atoms with Crippen molar-refractivity contribution in [1.29, 1.82) is 0 Å². The number of benzene rings is 3. The summed E-state index contributed by atoms with van der Waals surface area (Å²) in [5.41, 5.74) is 2.79. The van der Waals surface area contributed by atoms with E-state index in [1.807, 2.05) is 71.0 Å². The number of hydrogen-bond acceptors (Lipinski definition) is 4. The van der Waals surface area contributed by atoms with Crippen LogP contribution in [0.1, 0.15) is 43.0 Å². The molecule has 0 aliphatic rings. The lowest BCUT2D eigenvalue weighted by molar-refractivity contribution is -0.140. The van der Waals surface area contributed by atoms with Gasteiger partial charge in [0.15, 0.2) is 0 Å². The number of hydrogen-bond donors (Lipinski definition) is 1. The molecule has 0 aromatic heterocycles. The molecule has 41 heavy (non-hydrogen) atoms. The molecule has 0 heterocycles. The standard InChI is InChI=1S/C31H37Cl2N3O4S/c1-21-15-22(2)17-24(16-21)36(41(6,39)40)20-29(37)35(19-25-26(32)13-10-14-27(25)33)28(30(38)34-31(3,4)5)18-23-11-8-7-9-12-23/h7-17,28H,18-20H2,1-6H3,(H,34,38)/t28-/m1/s1. The fourth-order valence-corrected chi connectivity index (χ4v) is 5.92. The third-order valence-corrected chi connectivity index (χ3v) is 8.18. The van der Waals surface area contributed by atoms with E-state index in [9.17, 15) is 18.0 Å². The summed E-state index contributed by atoms with van der Waals surface area (Å²) >= 11 is 13.0. The van der Waals surface area contributed by atoms with Crippen LogP contribution in [0.25, 0.3) is 0 Å². The first-order valence-electron chi connectivity index (χ1n) is 13.2. The first kappa shape index (κ1) is 32.4. The van der Waals surface area contributed by atoms with Gasteiger partial charge in [0, 0.05) is 34.1 Å². The molecule has 7 nitrogen and oxygen atoms in total. The molecule has 0 unspecified atom stereocenters. The summed E-state index contributed by atoms with van der Waals surface area (Å²) < 4.78 is 27.1. The van der Waals surface area contributed by atoms with Gasteiger partial charge in [-0.05, 0) is 75.6 Å². The van der Waals surface area contributed by atoms with Crippen LogP contribution < -0.4 is 9.62 Å². The van der Waals surface area contributed by atoms with Crippen LogP contribution in [-0.4, -0.2) is 49.5 Å². The molecular weight excluding hydrogens is 581 g/mol. The average molecular weight is 619 g/mol. The van der Waals surface area contributed by atoms with Gasteiger partial charge in [0.1, 0.15) is 12.6 Å². The second-order valence-electron chi connectivity index (χ2n) is 11.3. The Bertz CT molecular complexity index is 1460. The first-order valence-corrected chi connectivity index (χ1v) is 15.8. The van der Waals surface area contributed by atoms with Gasteiger partial charge in [-0.25, -0.2) is 8.42 Å². The molecule has 2 amide bonds. The van der Waals surface area contributed by atoms with Crippen LogP contribution in [0.3, 0.4) is 0 Å². The van der Waals surface area contributed by atoms with Gasteiger partial charge in [-0.15, -0.1) is 0 Å². The van der Waals surface area contributed by atoms with Crippen LogP contribution in [0.15, 0.2) is 66.7 Å². The van der Waals surface area contributed by atoms with Crippen LogP contribution in [0, 0.1) is 13.8 Å². The summed E-state index contributed by atoms with van der Waals surface area (Å²) in [5.74, 6) is -0.953. The smallest absolute Gasteiger partial charge is 0.244 e. The normalized spacial score (nSPS) is 12.5. The van der Waals surface area contributed by atoms with Crippen LogP contribution in [0.2, 0.25) is 10.0 Å². The molecule has 0 aliphatic carbocycles. The summed E-state index contributed by atoms with van der Waals surface area (Å²) in [6.07, 6.45) is 1.25. The largest absolute Gasteiger partial charge is 0.350 e. The van der Waals surface area contributed by atoms with Crippen LogP contribution in [0.5, 0.6) is 0 Å². The van der Waals surface area contributed by atoms with Gasteiger partial charge >= 0.3 is 0 Å². The lowest BCUT2D eigenvalue weighted by Crippen LogP contribution is -2.56. The molecule has 3 aromatic rings. The number of halogens is 2. The van der Waals surface area contributed by atoms with Gasteiger partial charge in [0.25, 0.3) is 0 Å². The van der Waals surface area contributed by atoms with Gasteiger partial charge in [-0.2, -0.15) is 0 Å². The molecule has 0 fully saturated rings. The molecule has 220 valence electrons. The molecule has 0 spiro atoms. The van der Waals surface area contributed by atoms with Crippen molar-refractivity contribution in [1.82, 2.24) is 10.2 Å². The van der Waals surface area contributed by atoms with E-state index in [-0.39, 0.29) is 18.9 Å². The van der Waals surface area contributed by atoms with Crippen molar-refractivity contribution in [3.8, 4) is 0 Å². The van der Waals surface area contributed by atoms with Gasteiger partial charge in [-0.3, -0.25) is 13.9 Å². The van der Waals surface area contributed by atoms with E-state index in [4.69, 9.17) is 23.2 Å². The second kappa shape index (κ2) is 13.3. The summed E-state index contributed by atoms with van der Waals surface area (Å²) in [4.78, 5) is 29.4. The maximum atomic E-state index is 14.2. The van der Waals surface area contributed by atoms with E-state index in [0.717, 1.165) is 27.3 Å².